The maximum atomic E-state index is 10.4. The van der Waals surface area contributed by atoms with Crippen molar-refractivity contribution in [3.8, 4) is 5.75 Å². The van der Waals surface area contributed by atoms with Crippen LogP contribution in [0, 0.1) is 0 Å². The molecule has 0 saturated heterocycles. The monoisotopic (exact) mass is 389 g/mol. The fourth-order valence-electron chi connectivity index (χ4n) is 3.05. The highest BCUT2D eigenvalue weighted by molar-refractivity contribution is 9.10. The van der Waals surface area contributed by atoms with Crippen molar-refractivity contribution < 1.29 is 14.4 Å². The van der Waals surface area contributed by atoms with Gasteiger partial charge in [-0.3, -0.25) is 0 Å². The molecule has 1 atom stereocenters. The fraction of sp³-hybridized carbons (Fsp3) is 0.316. The van der Waals surface area contributed by atoms with Gasteiger partial charge < -0.3 is 9.84 Å². The van der Waals surface area contributed by atoms with E-state index < -0.39 is 6.10 Å². The number of aliphatic hydroxyl groups excluding tert-OH is 1. The molecule has 0 amide bonds. The number of hydrogen-bond acceptors (Lipinski definition) is 2. The van der Waals surface area contributed by atoms with E-state index in [4.69, 9.17) is 4.74 Å². The Balaban J connectivity index is 1.75. The number of nitrogens with zero attached hydrogens (tertiary/aromatic N) is 2. The number of fused-ring (bicyclic) bond motifs is 1. The molecule has 1 heterocycles. The number of imidazole rings is 1. The van der Waals surface area contributed by atoms with Gasteiger partial charge in [0.2, 0.25) is 0 Å². The SMILES string of the molecule is CCc1n(C[C@@H](O)COc2ccc(Br)cc2)c2ccccc2[n+]1C. The van der Waals surface area contributed by atoms with Crippen molar-refractivity contribution in [3.63, 3.8) is 0 Å². The maximum Gasteiger partial charge on any atom is 0.256 e. The Kier molecular flexibility index (Phi) is 5.21. The average molecular weight is 390 g/mol. The quantitative estimate of drug-likeness (QED) is 0.657. The summed E-state index contributed by atoms with van der Waals surface area (Å²) >= 11 is 3.40. The lowest BCUT2D eigenvalue weighted by atomic mass is 10.3. The number of aromatic nitrogens is 2. The molecule has 0 aliphatic rings. The average Bonchev–Trinajstić information content (AvgIpc) is 2.86. The van der Waals surface area contributed by atoms with Crippen LogP contribution in [0.5, 0.6) is 5.75 Å². The van der Waals surface area contributed by atoms with Crippen LogP contribution in [0.15, 0.2) is 53.0 Å². The van der Waals surface area contributed by atoms with Gasteiger partial charge in [0.05, 0.1) is 7.05 Å². The zero-order valence-corrected chi connectivity index (χ0v) is 15.5. The second-order valence-corrected chi connectivity index (χ2v) is 6.76. The van der Waals surface area contributed by atoms with E-state index >= 15 is 0 Å². The largest absolute Gasteiger partial charge is 0.491 e. The molecule has 5 heteroatoms. The second-order valence-electron chi connectivity index (χ2n) is 5.85. The van der Waals surface area contributed by atoms with Gasteiger partial charge in [-0.1, -0.05) is 35.0 Å². The van der Waals surface area contributed by atoms with E-state index in [1.165, 1.54) is 11.3 Å². The van der Waals surface area contributed by atoms with Crippen molar-refractivity contribution in [1.82, 2.24) is 4.57 Å². The van der Waals surface area contributed by atoms with E-state index in [-0.39, 0.29) is 6.61 Å². The number of rotatable bonds is 6. The first-order chi connectivity index (χ1) is 11.6. The van der Waals surface area contributed by atoms with Crippen LogP contribution in [0.1, 0.15) is 12.7 Å². The Hall–Kier alpha value is -1.85. The Morgan fingerprint density at radius 1 is 1.17 bits per heavy atom. The van der Waals surface area contributed by atoms with Crippen LogP contribution >= 0.6 is 15.9 Å². The van der Waals surface area contributed by atoms with E-state index in [9.17, 15) is 5.11 Å². The number of para-hydroxylation sites is 2. The van der Waals surface area contributed by atoms with Gasteiger partial charge in [-0.2, -0.15) is 0 Å². The summed E-state index contributed by atoms with van der Waals surface area (Å²) in [5.74, 6) is 1.95. The Morgan fingerprint density at radius 3 is 2.58 bits per heavy atom. The summed E-state index contributed by atoms with van der Waals surface area (Å²) in [5.41, 5.74) is 2.31. The highest BCUT2D eigenvalue weighted by Crippen LogP contribution is 2.18. The van der Waals surface area contributed by atoms with Gasteiger partial charge in [-0.05, 0) is 36.4 Å². The molecule has 0 aliphatic heterocycles. The van der Waals surface area contributed by atoms with Crippen molar-refractivity contribution in [2.75, 3.05) is 6.61 Å². The van der Waals surface area contributed by atoms with E-state index in [1.54, 1.807) is 0 Å². The molecular weight excluding hydrogens is 368 g/mol. The van der Waals surface area contributed by atoms with E-state index in [1.807, 2.05) is 36.4 Å². The molecule has 1 N–H and O–H groups in total. The lowest BCUT2D eigenvalue weighted by Gasteiger charge is -2.12. The molecule has 1 aromatic heterocycles. The molecule has 4 nitrogen and oxygen atoms in total. The minimum atomic E-state index is -0.574. The molecule has 0 fully saturated rings. The number of hydrogen-bond donors (Lipinski definition) is 1. The van der Waals surface area contributed by atoms with Gasteiger partial charge in [-0.25, -0.2) is 9.13 Å². The molecule has 0 spiro atoms. The Morgan fingerprint density at radius 2 is 1.88 bits per heavy atom. The molecule has 3 rings (SSSR count). The lowest BCUT2D eigenvalue weighted by molar-refractivity contribution is -0.653. The highest BCUT2D eigenvalue weighted by atomic mass is 79.9. The first-order valence-electron chi connectivity index (χ1n) is 8.12. The molecular formula is C19H22BrN2O2+. The molecule has 2 aromatic carbocycles. The number of ether oxygens (including phenoxy) is 1. The summed E-state index contributed by atoms with van der Waals surface area (Å²) in [6.07, 6.45) is 0.334. The maximum absolute atomic E-state index is 10.4. The van der Waals surface area contributed by atoms with Gasteiger partial charge in [0.25, 0.3) is 5.82 Å². The molecule has 0 saturated carbocycles. The summed E-state index contributed by atoms with van der Waals surface area (Å²) in [7, 11) is 2.07. The highest BCUT2D eigenvalue weighted by Gasteiger charge is 2.23. The van der Waals surface area contributed by atoms with Gasteiger partial charge in [0.15, 0.2) is 11.0 Å². The molecule has 0 unspecified atom stereocenters. The lowest BCUT2D eigenvalue weighted by Crippen LogP contribution is -2.34. The van der Waals surface area contributed by atoms with Gasteiger partial charge in [-0.15, -0.1) is 0 Å². The number of aliphatic hydroxyl groups is 1. The second kappa shape index (κ2) is 7.36. The van der Waals surface area contributed by atoms with E-state index in [0.717, 1.165) is 22.2 Å². The van der Waals surface area contributed by atoms with Gasteiger partial charge >= 0.3 is 0 Å². The Labute approximate surface area is 150 Å². The first kappa shape index (κ1) is 17.0. The zero-order chi connectivity index (χ0) is 17.1. The number of aryl methyl sites for hydroxylation is 1. The zero-order valence-electron chi connectivity index (χ0n) is 13.9. The molecule has 24 heavy (non-hydrogen) atoms. The summed E-state index contributed by atoms with van der Waals surface area (Å²) in [6, 6.07) is 15.9. The van der Waals surface area contributed by atoms with Crippen LogP contribution in [0.25, 0.3) is 11.0 Å². The molecule has 126 valence electrons. The summed E-state index contributed by atoms with van der Waals surface area (Å²) < 4.78 is 11.1. The normalized spacial score (nSPS) is 12.5. The van der Waals surface area contributed by atoms with Gasteiger partial charge in [0, 0.05) is 10.9 Å². The number of halogens is 1. The van der Waals surface area contributed by atoms with Crippen molar-refractivity contribution in [3.05, 3.63) is 58.8 Å². The molecule has 3 aromatic rings. The fourth-order valence-corrected chi connectivity index (χ4v) is 3.32. The predicted octanol–water partition coefficient (Wildman–Crippen LogP) is 3.23. The smallest absolute Gasteiger partial charge is 0.256 e. The molecule has 0 aliphatic carbocycles. The van der Waals surface area contributed by atoms with Crippen LogP contribution in [-0.2, 0) is 20.0 Å². The third-order valence-corrected chi connectivity index (χ3v) is 4.73. The van der Waals surface area contributed by atoms with Crippen LogP contribution in [0.3, 0.4) is 0 Å². The summed E-state index contributed by atoms with van der Waals surface area (Å²) in [6.45, 7) is 2.91. The molecule has 0 bridgehead atoms. The third kappa shape index (κ3) is 3.47. The van der Waals surface area contributed by atoms with Crippen LogP contribution < -0.4 is 9.30 Å². The van der Waals surface area contributed by atoms with Gasteiger partial charge in [0.1, 0.15) is 25.0 Å². The van der Waals surface area contributed by atoms with Crippen molar-refractivity contribution >= 4 is 27.0 Å². The van der Waals surface area contributed by atoms with Crippen molar-refractivity contribution in [2.24, 2.45) is 7.05 Å². The first-order valence-corrected chi connectivity index (χ1v) is 8.92. The van der Waals surface area contributed by atoms with Crippen LogP contribution in [0.2, 0.25) is 0 Å². The predicted molar refractivity (Wildman–Crippen MR) is 98.1 cm³/mol. The molecule has 0 radical (unpaired) electrons. The minimum absolute atomic E-state index is 0.265. The van der Waals surface area contributed by atoms with E-state index in [2.05, 4.69) is 51.2 Å². The van der Waals surface area contributed by atoms with Crippen LogP contribution in [-0.4, -0.2) is 22.4 Å². The van der Waals surface area contributed by atoms with Crippen molar-refractivity contribution in [1.29, 1.82) is 0 Å². The van der Waals surface area contributed by atoms with Crippen molar-refractivity contribution in [2.45, 2.75) is 26.0 Å². The standard InChI is InChI=1S/C19H22BrN2O2/c1-3-19-21(2)17-6-4-5-7-18(17)22(19)12-15(23)13-24-16-10-8-14(20)9-11-16/h4-11,15,23H,3,12-13H2,1-2H3/q+1/t15-/m1/s1. The topological polar surface area (TPSA) is 38.3 Å². The Bertz CT molecular complexity index is 827. The third-order valence-electron chi connectivity index (χ3n) is 4.20. The van der Waals surface area contributed by atoms with E-state index in [0.29, 0.717) is 6.54 Å². The van der Waals surface area contributed by atoms with Crippen LogP contribution in [0.4, 0.5) is 0 Å². The number of benzene rings is 2. The summed E-state index contributed by atoms with van der Waals surface area (Å²) in [4.78, 5) is 0. The minimum Gasteiger partial charge on any atom is -0.491 e. The summed E-state index contributed by atoms with van der Waals surface area (Å²) in [5, 5.41) is 10.4.